The molecule has 0 bridgehead atoms. The fraction of sp³-hybridized carbons (Fsp3) is 0.667. The van der Waals surface area contributed by atoms with Gasteiger partial charge in [-0.3, -0.25) is 0 Å². The maximum absolute atomic E-state index is 11.7. The van der Waals surface area contributed by atoms with Gasteiger partial charge in [0.2, 0.25) is 0 Å². The lowest BCUT2D eigenvalue weighted by Gasteiger charge is -2.21. The summed E-state index contributed by atoms with van der Waals surface area (Å²) < 4.78 is 35.2. The first-order chi connectivity index (χ1) is 4.96. The summed E-state index contributed by atoms with van der Waals surface area (Å²) in [6, 6.07) is 0. The first-order valence-corrected chi connectivity index (χ1v) is 2.99. The summed E-state index contributed by atoms with van der Waals surface area (Å²) in [4.78, 5) is 0. The van der Waals surface area contributed by atoms with E-state index in [2.05, 4.69) is 0 Å². The number of rotatable bonds is 3. The first kappa shape index (κ1) is 10.4. The second kappa shape index (κ2) is 3.73. The molecule has 0 saturated heterocycles. The molecule has 2 N–H and O–H groups in total. The topological polar surface area (TPSA) is 40.5 Å². The summed E-state index contributed by atoms with van der Waals surface area (Å²) in [6.45, 7) is 1.34. The second-order valence-electron chi connectivity index (χ2n) is 2.01. The van der Waals surface area contributed by atoms with Crippen molar-refractivity contribution in [2.75, 3.05) is 0 Å². The summed E-state index contributed by atoms with van der Waals surface area (Å²) in [6.07, 6.45) is -3.79. The SMILES string of the molecule is CC/C(=C/F)C(O)(O)C(F)F. The molecule has 0 aliphatic carbocycles. The molecule has 0 aromatic rings. The van der Waals surface area contributed by atoms with Crippen LogP contribution in [-0.4, -0.2) is 22.4 Å². The van der Waals surface area contributed by atoms with E-state index in [1.54, 1.807) is 0 Å². The molecule has 0 aromatic heterocycles. The molecular weight excluding hydrogens is 161 g/mol. The fourth-order valence-electron chi connectivity index (χ4n) is 0.558. The van der Waals surface area contributed by atoms with Crippen LogP contribution in [0.15, 0.2) is 11.9 Å². The molecule has 0 heterocycles. The minimum Gasteiger partial charge on any atom is -0.358 e. The third-order valence-corrected chi connectivity index (χ3v) is 1.29. The molecule has 0 rings (SSSR count). The standard InChI is InChI=1S/C6H9F3O2/c1-2-4(3-7)6(10,11)5(8)9/h3,5,10-11H,2H2,1H3/b4-3-. The molecule has 0 saturated carbocycles. The Labute approximate surface area is 62.0 Å². The van der Waals surface area contributed by atoms with E-state index in [1.165, 1.54) is 6.92 Å². The van der Waals surface area contributed by atoms with E-state index in [1.807, 2.05) is 0 Å². The van der Waals surface area contributed by atoms with Gasteiger partial charge in [0.05, 0.1) is 6.33 Å². The van der Waals surface area contributed by atoms with Gasteiger partial charge in [-0.25, -0.2) is 13.2 Å². The van der Waals surface area contributed by atoms with E-state index in [4.69, 9.17) is 10.2 Å². The molecule has 0 aliphatic heterocycles. The highest BCUT2D eigenvalue weighted by Gasteiger charge is 2.38. The summed E-state index contributed by atoms with van der Waals surface area (Å²) in [5.41, 5.74) is -0.729. The predicted molar refractivity (Wildman–Crippen MR) is 32.7 cm³/mol. The zero-order valence-corrected chi connectivity index (χ0v) is 5.89. The van der Waals surface area contributed by atoms with Crippen LogP contribution >= 0.6 is 0 Å². The summed E-state index contributed by atoms with van der Waals surface area (Å²) in [5, 5.41) is 17.1. The number of aliphatic hydroxyl groups is 2. The van der Waals surface area contributed by atoms with Crippen LogP contribution < -0.4 is 0 Å². The average molecular weight is 170 g/mol. The van der Waals surface area contributed by atoms with Gasteiger partial charge in [-0.1, -0.05) is 6.92 Å². The molecule has 0 aliphatic rings. The van der Waals surface area contributed by atoms with E-state index >= 15 is 0 Å². The summed E-state index contributed by atoms with van der Waals surface area (Å²) in [5.74, 6) is -3.33. The van der Waals surface area contributed by atoms with Crippen molar-refractivity contribution in [3.05, 3.63) is 11.9 Å². The van der Waals surface area contributed by atoms with Crippen LogP contribution in [0.1, 0.15) is 13.3 Å². The normalized spacial score (nSPS) is 14.3. The lowest BCUT2D eigenvalue weighted by atomic mass is 10.1. The molecule has 66 valence electrons. The summed E-state index contributed by atoms with van der Waals surface area (Å²) >= 11 is 0. The van der Waals surface area contributed by atoms with Crippen molar-refractivity contribution < 1.29 is 23.4 Å². The van der Waals surface area contributed by atoms with Gasteiger partial charge in [0.15, 0.2) is 0 Å². The molecule has 0 aromatic carbocycles. The zero-order chi connectivity index (χ0) is 9.07. The molecular formula is C6H9F3O2. The number of hydrogen-bond donors (Lipinski definition) is 2. The molecule has 11 heavy (non-hydrogen) atoms. The molecule has 0 atom stereocenters. The predicted octanol–water partition coefficient (Wildman–Crippen LogP) is 1.20. The van der Waals surface area contributed by atoms with Crippen LogP contribution in [0, 0.1) is 0 Å². The van der Waals surface area contributed by atoms with Gasteiger partial charge >= 0.3 is 0 Å². The average Bonchev–Trinajstić information content (AvgIpc) is 1.89. The van der Waals surface area contributed by atoms with Crippen molar-refractivity contribution in [1.29, 1.82) is 0 Å². The number of halogens is 3. The van der Waals surface area contributed by atoms with Gasteiger partial charge < -0.3 is 10.2 Å². The lowest BCUT2D eigenvalue weighted by Crippen LogP contribution is -2.38. The van der Waals surface area contributed by atoms with Gasteiger partial charge in [0.25, 0.3) is 12.2 Å². The molecule has 2 nitrogen and oxygen atoms in total. The Hall–Kier alpha value is -0.550. The van der Waals surface area contributed by atoms with Crippen LogP contribution in [0.3, 0.4) is 0 Å². The third kappa shape index (κ3) is 2.20. The maximum Gasteiger partial charge on any atom is 0.295 e. The minimum absolute atomic E-state index is 0.173. The van der Waals surface area contributed by atoms with Crippen molar-refractivity contribution in [3.63, 3.8) is 0 Å². The van der Waals surface area contributed by atoms with Crippen molar-refractivity contribution in [2.45, 2.75) is 25.6 Å². The highest BCUT2D eigenvalue weighted by atomic mass is 19.3. The smallest absolute Gasteiger partial charge is 0.295 e. The van der Waals surface area contributed by atoms with Crippen LogP contribution in [-0.2, 0) is 0 Å². The Morgan fingerprint density at radius 3 is 2.09 bits per heavy atom. The van der Waals surface area contributed by atoms with E-state index in [0.29, 0.717) is 0 Å². The van der Waals surface area contributed by atoms with Crippen molar-refractivity contribution in [2.24, 2.45) is 0 Å². The van der Waals surface area contributed by atoms with E-state index in [-0.39, 0.29) is 12.8 Å². The molecule has 5 heteroatoms. The number of hydrogen-bond acceptors (Lipinski definition) is 2. The van der Waals surface area contributed by atoms with Gasteiger partial charge in [-0.15, -0.1) is 0 Å². The first-order valence-electron chi connectivity index (χ1n) is 2.99. The van der Waals surface area contributed by atoms with Crippen molar-refractivity contribution >= 4 is 0 Å². The Bertz CT molecular complexity index is 154. The van der Waals surface area contributed by atoms with Gasteiger partial charge in [0.1, 0.15) is 0 Å². The van der Waals surface area contributed by atoms with Crippen LogP contribution in [0.4, 0.5) is 13.2 Å². The minimum atomic E-state index is -3.40. The van der Waals surface area contributed by atoms with Crippen LogP contribution in [0.25, 0.3) is 0 Å². The van der Waals surface area contributed by atoms with E-state index in [9.17, 15) is 13.2 Å². The van der Waals surface area contributed by atoms with Crippen molar-refractivity contribution in [1.82, 2.24) is 0 Å². The number of alkyl halides is 2. The monoisotopic (exact) mass is 170 g/mol. The van der Waals surface area contributed by atoms with E-state index < -0.39 is 17.8 Å². The molecule has 0 radical (unpaired) electrons. The quantitative estimate of drug-likeness (QED) is 0.624. The molecule has 0 unspecified atom stereocenters. The Morgan fingerprint density at radius 1 is 1.55 bits per heavy atom. The highest BCUT2D eigenvalue weighted by molar-refractivity contribution is 5.09. The van der Waals surface area contributed by atoms with Gasteiger partial charge in [-0.2, -0.15) is 0 Å². The second-order valence-corrected chi connectivity index (χ2v) is 2.01. The van der Waals surface area contributed by atoms with Crippen LogP contribution in [0.5, 0.6) is 0 Å². The third-order valence-electron chi connectivity index (χ3n) is 1.29. The molecule has 0 amide bonds. The van der Waals surface area contributed by atoms with Gasteiger partial charge in [0, 0.05) is 5.57 Å². The van der Waals surface area contributed by atoms with Crippen molar-refractivity contribution in [3.8, 4) is 0 Å². The molecule has 0 spiro atoms. The maximum atomic E-state index is 11.7. The highest BCUT2D eigenvalue weighted by Crippen LogP contribution is 2.24. The van der Waals surface area contributed by atoms with E-state index in [0.717, 1.165) is 0 Å². The Kier molecular flexibility index (Phi) is 3.54. The lowest BCUT2D eigenvalue weighted by molar-refractivity contribution is -0.213. The molecule has 0 fully saturated rings. The van der Waals surface area contributed by atoms with Crippen LogP contribution in [0.2, 0.25) is 0 Å². The fourth-order valence-corrected chi connectivity index (χ4v) is 0.558. The Morgan fingerprint density at radius 2 is 2.00 bits per heavy atom. The zero-order valence-electron chi connectivity index (χ0n) is 5.89. The Balaban J connectivity index is 4.52. The van der Waals surface area contributed by atoms with Gasteiger partial charge in [-0.05, 0) is 6.42 Å². The largest absolute Gasteiger partial charge is 0.358 e. The summed E-state index contributed by atoms with van der Waals surface area (Å²) in [7, 11) is 0.